The van der Waals surface area contributed by atoms with Crippen LogP contribution in [0, 0.1) is 11.8 Å². The lowest BCUT2D eigenvalue weighted by molar-refractivity contribution is 0.0812. The molecule has 0 bridgehead atoms. The second-order valence-electron chi connectivity index (χ2n) is 5.50. The van der Waals surface area contributed by atoms with Crippen LogP contribution in [0.15, 0.2) is 0 Å². The smallest absolute Gasteiger partial charge is 0.305 e. The number of hydrogen-bond donors (Lipinski definition) is 2. The Kier molecular flexibility index (Phi) is 5.64. The SMILES string of the molecule is NC(O[PH](=O)OC(N)C1CCCC1)C1CCCC1. The van der Waals surface area contributed by atoms with Crippen LogP contribution in [-0.2, 0) is 13.6 Å². The van der Waals surface area contributed by atoms with Gasteiger partial charge < -0.3 is 11.5 Å². The molecule has 2 aliphatic rings. The van der Waals surface area contributed by atoms with Crippen molar-refractivity contribution in [3.05, 3.63) is 0 Å². The van der Waals surface area contributed by atoms with Gasteiger partial charge in [0.25, 0.3) is 0 Å². The van der Waals surface area contributed by atoms with Gasteiger partial charge >= 0.3 is 8.25 Å². The van der Waals surface area contributed by atoms with Crippen molar-refractivity contribution in [1.29, 1.82) is 0 Å². The molecule has 0 aromatic heterocycles. The lowest BCUT2D eigenvalue weighted by Crippen LogP contribution is -2.32. The fourth-order valence-electron chi connectivity index (χ4n) is 3.01. The summed E-state index contributed by atoms with van der Waals surface area (Å²) >= 11 is 0. The van der Waals surface area contributed by atoms with Gasteiger partial charge in [0.05, 0.1) is 0 Å². The minimum atomic E-state index is -2.56. The van der Waals surface area contributed by atoms with Crippen molar-refractivity contribution in [3.63, 3.8) is 0 Å². The molecule has 6 heteroatoms. The second kappa shape index (κ2) is 7.01. The summed E-state index contributed by atoms with van der Waals surface area (Å²) in [4.78, 5) is 0. The molecular formula is C12H25N2O3P. The largest absolute Gasteiger partial charge is 0.322 e. The van der Waals surface area contributed by atoms with Gasteiger partial charge in [0.15, 0.2) is 0 Å². The van der Waals surface area contributed by atoms with Gasteiger partial charge in [-0.25, -0.2) is 0 Å². The van der Waals surface area contributed by atoms with Crippen molar-refractivity contribution in [2.75, 3.05) is 0 Å². The van der Waals surface area contributed by atoms with Crippen LogP contribution >= 0.6 is 8.25 Å². The summed E-state index contributed by atoms with van der Waals surface area (Å²) in [5.74, 6) is 0.649. The number of rotatable bonds is 6. The van der Waals surface area contributed by atoms with Crippen LogP contribution in [0.1, 0.15) is 51.4 Å². The van der Waals surface area contributed by atoms with Gasteiger partial charge in [-0.3, -0.25) is 13.6 Å². The quantitative estimate of drug-likeness (QED) is 0.574. The van der Waals surface area contributed by atoms with Crippen molar-refractivity contribution in [2.45, 2.75) is 63.8 Å². The molecule has 0 aromatic rings. The molecule has 0 radical (unpaired) electrons. The van der Waals surface area contributed by atoms with Crippen LogP contribution in [0.5, 0.6) is 0 Å². The average molecular weight is 276 g/mol. The Morgan fingerprint density at radius 1 is 0.833 bits per heavy atom. The molecule has 2 fully saturated rings. The molecule has 0 spiro atoms. The summed E-state index contributed by atoms with van der Waals surface area (Å²) in [7, 11) is -2.56. The third-order valence-corrected chi connectivity index (χ3v) is 5.12. The van der Waals surface area contributed by atoms with Gasteiger partial charge in [0.1, 0.15) is 12.5 Å². The van der Waals surface area contributed by atoms with Crippen LogP contribution in [-0.4, -0.2) is 12.5 Å². The van der Waals surface area contributed by atoms with Gasteiger partial charge in [-0.1, -0.05) is 25.7 Å². The van der Waals surface area contributed by atoms with Gasteiger partial charge in [0.2, 0.25) is 0 Å². The summed E-state index contributed by atoms with van der Waals surface area (Å²) in [6.07, 6.45) is 8.06. The zero-order valence-corrected chi connectivity index (χ0v) is 11.8. The maximum Gasteiger partial charge on any atom is 0.322 e. The highest BCUT2D eigenvalue weighted by Crippen LogP contribution is 2.36. The first kappa shape index (κ1) is 14.5. The van der Waals surface area contributed by atoms with Crippen LogP contribution in [0.2, 0.25) is 0 Å². The Morgan fingerprint density at radius 2 is 1.17 bits per heavy atom. The van der Waals surface area contributed by atoms with Crippen molar-refractivity contribution < 1.29 is 13.6 Å². The van der Waals surface area contributed by atoms with E-state index < -0.39 is 20.7 Å². The Hall–Kier alpha value is 0.0700. The zero-order valence-electron chi connectivity index (χ0n) is 10.8. The van der Waals surface area contributed by atoms with Gasteiger partial charge in [0, 0.05) is 0 Å². The fraction of sp³-hybridized carbons (Fsp3) is 1.00. The van der Waals surface area contributed by atoms with Gasteiger partial charge in [-0.2, -0.15) is 0 Å². The van der Waals surface area contributed by atoms with E-state index in [1.807, 2.05) is 0 Å². The van der Waals surface area contributed by atoms with Crippen molar-refractivity contribution in [2.24, 2.45) is 23.3 Å². The van der Waals surface area contributed by atoms with E-state index in [4.69, 9.17) is 20.5 Å². The molecular weight excluding hydrogens is 251 g/mol. The predicted molar refractivity (Wildman–Crippen MR) is 71.0 cm³/mol. The molecule has 0 aliphatic heterocycles. The summed E-state index contributed by atoms with van der Waals surface area (Å²) in [5, 5.41) is 0. The van der Waals surface area contributed by atoms with Crippen LogP contribution < -0.4 is 11.5 Å². The molecule has 2 rings (SSSR count). The molecule has 18 heavy (non-hydrogen) atoms. The van der Waals surface area contributed by atoms with E-state index in [1.165, 1.54) is 25.7 Å². The molecule has 0 amide bonds. The Bertz CT molecular complexity index is 252. The van der Waals surface area contributed by atoms with E-state index in [2.05, 4.69) is 0 Å². The lowest BCUT2D eigenvalue weighted by Gasteiger charge is -2.22. The van der Waals surface area contributed by atoms with E-state index in [0.717, 1.165) is 25.7 Å². The topological polar surface area (TPSA) is 87.6 Å². The highest BCUT2D eigenvalue weighted by atomic mass is 31.1. The molecule has 0 heterocycles. The summed E-state index contributed by atoms with van der Waals surface area (Å²) < 4.78 is 22.3. The summed E-state index contributed by atoms with van der Waals surface area (Å²) in [6, 6.07) is 0. The predicted octanol–water partition coefficient (Wildman–Crippen LogP) is 2.36. The molecule has 106 valence electrons. The van der Waals surface area contributed by atoms with Crippen molar-refractivity contribution in [1.82, 2.24) is 0 Å². The van der Waals surface area contributed by atoms with Gasteiger partial charge in [-0.05, 0) is 37.5 Å². The fourth-order valence-corrected chi connectivity index (χ4v) is 3.90. The van der Waals surface area contributed by atoms with E-state index in [-0.39, 0.29) is 0 Å². The first-order chi connectivity index (χ1) is 8.66. The van der Waals surface area contributed by atoms with Gasteiger partial charge in [-0.15, -0.1) is 0 Å². The highest BCUT2D eigenvalue weighted by Gasteiger charge is 2.27. The van der Waals surface area contributed by atoms with E-state index in [9.17, 15) is 4.57 Å². The first-order valence-electron chi connectivity index (χ1n) is 7.05. The number of nitrogens with two attached hydrogens (primary N) is 2. The number of hydrogen-bond acceptors (Lipinski definition) is 5. The van der Waals surface area contributed by atoms with E-state index in [0.29, 0.717) is 11.8 Å². The molecule has 4 N–H and O–H groups in total. The molecule has 0 saturated heterocycles. The van der Waals surface area contributed by atoms with Crippen LogP contribution in [0.4, 0.5) is 0 Å². The zero-order chi connectivity index (χ0) is 13.0. The standard InChI is InChI=1S/C12H25N2O3P/c13-11(9-5-1-2-6-9)16-18(15)17-12(14)10-7-3-4-8-10/h9-12,18H,1-8,13-14H2. The minimum Gasteiger partial charge on any atom is -0.305 e. The minimum absolute atomic E-state index is 0.324. The third kappa shape index (κ3) is 4.04. The maximum atomic E-state index is 11.8. The maximum absolute atomic E-state index is 11.8. The second-order valence-corrected chi connectivity index (χ2v) is 6.48. The van der Waals surface area contributed by atoms with E-state index >= 15 is 0 Å². The third-order valence-electron chi connectivity index (χ3n) is 4.19. The summed E-state index contributed by atoms with van der Waals surface area (Å²) in [5.41, 5.74) is 11.8. The van der Waals surface area contributed by atoms with Crippen LogP contribution in [0.3, 0.4) is 0 Å². The highest BCUT2D eigenvalue weighted by molar-refractivity contribution is 7.33. The average Bonchev–Trinajstić information content (AvgIpc) is 3.02. The molecule has 2 atom stereocenters. The van der Waals surface area contributed by atoms with E-state index in [1.54, 1.807) is 0 Å². The first-order valence-corrected chi connectivity index (χ1v) is 8.27. The molecule has 0 aromatic carbocycles. The molecule has 2 unspecified atom stereocenters. The van der Waals surface area contributed by atoms with Crippen LogP contribution in [0.25, 0.3) is 0 Å². The Labute approximate surface area is 110 Å². The Morgan fingerprint density at radius 3 is 1.50 bits per heavy atom. The van der Waals surface area contributed by atoms with Crippen molar-refractivity contribution >= 4 is 8.25 Å². The normalized spacial score (nSPS) is 27.4. The molecule has 5 nitrogen and oxygen atoms in total. The lowest BCUT2D eigenvalue weighted by atomic mass is 10.1. The molecule has 2 aliphatic carbocycles. The summed E-state index contributed by atoms with van der Waals surface area (Å²) in [6.45, 7) is 0. The Balaban J connectivity index is 1.70. The van der Waals surface area contributed by atoms with Crippen molar-refractivity contribution in [3.8, 4) is 0 Å². The monoisotopic (exact) mass is 276 g/mol. The molecule has 2 saturated carbocycles.